The van der Waals surface area contributed by atoms with Crippen LogP contribution < -0.4 is 0 Å². The van der Waals surface area contributed by atoms with Gasteiger partial charge in [-0.2, -0.15) is 0 Å². The Balaban J connectivity index is 1.93. The zero-order valence-electron chi connectivity index (χ0n) is 14.8. The highest BCUT2D eigenvalue weighted by molar-refractivity contribution is 5.68. The van der Waals surface area contributed by atoms with Gasteiger partial charge in [-0.25, -0.2) is 0 Å². The van der Waals surface area contributed by atoms with Crippen LogP contribution in [0.3, 0.4) is 0 Å². The van der Waals surface area contributed by atoms with Gasteiger partial charge in [0.15, 0.2) is 0 Å². The number of methoxy groups -OCH3 is 1. The Hall–Kier alpha value is -1.09. The maximum atomic E-state index is 10.9. The first-order valence-corrected chi connectivity index (χ1v) is 9.30. The minimum atomic E-state index is -0.549. The van der Waals surface area contributed by atoms with Crippen LogP contribution in [-0.2, 0) is 9.53 Å². The molecule has 0 heterocycles. The van der Waals surface area contributed by atoms with Gasteiger partial charge >= 0.3 is 5.97 Å². The lowest BCUT2D eigenvalue weighted by Gasteiger charge is -2.28. The molecule has 0 bridgehead atoms. The molecule has 0 atom stereocenters. The first-order valence-electron chi connectivity index (χ1n) is 9.30. The Bertz CT molecular complexity index is 365. The van der Waals surface area contributed by atoms with Crippen LogP contribution in [0.1, 0.15) is 83.5 Å². The molecule has 0 aliphatic heterocycles. The molecule has 1 rings (SSSR count). The Labute approximate surface area is 141 Å². The minimum Gasteiger partial charge on any atom is -0.469 e. The summed E-state index contributed by atoms with van der Waals surface area (Å²) in [5, 5.41) is 10.3. The van der Waals surface area contributed by atoms with E-state index in [-0.39, 0.29) is 5.97 Å². The van der Waals surface area contributed by atoms with E-state index in [0.29, 0.717) is 6.42 Å². The molecule has 0 aromatic heterocycles. The van der Waals surface area contributed by atoms with Crippen molar-refractivity contribution in [1.29, 1.82) is 0 Å². The van der Waals surface area contributed by atoms with Crippen LogP contribution in [0.2, 0.25) is 0 Å². The summed E-state index contributed by atoms with van der Waals surface area (Å²) in [5.74, 6) is -0.0962. The number of carbonyl (C=O) groups excluding carboxylic acids is 1. The van der Waals surface area contributed by atoms with Gasteiger partial charge in [0.25, 0.3) is 0 Å². The largest absolute Gasteiger partial charge is 0.469 e. The van der Waals surface area contributed by atoms with Gasteiger partial charge < -0.3 is 9.84 Å². The highest BCUT2D eigenvalue weighted by Crippen LogP contribution is 2.28. The third kappa shape index (κ3) is 10.3. The van der Waals surface area contributed by atoms with E-state index in [1.54, 1.807) is 0 Å². The summed E-state index contributed by atoms with van der Waals surface area (Å²) in [6.45, 7) is 0. The van der Waals surface area contributed by atoms with E-state index in [0.717, 1.165) is 44.9 Å². The van der Waals surface area contributed by atoms with Crippen molar-refractivity contribution < 1.29 is 14.6 Å². The van der Waals surface area contributed by atoms with Crippen molar-refractivity contribution in [2.75, 3.05) is 7.11 Å². The fourth-order valence-corrected chi connectivity index (χ4v) is 3.08. The summed E-state index contributed by atoms with van der Waals surface area (Å²) < 4.78 is 4.62. The van der Waals surface area contributed by atoms with Gasteiger partial charge in [0, 0.05) is 6.42 Å². The third-order valence-electron chi connectivity index (χ3n) is 4.60. The SMILES string of the molecule is COC(=O)CCCCCCCC/C=C/C=C/C1(O)CCCCC1. The summed E-state index contributed by atoms with van der Waals surface area (Å²) in [6, 6.07) is 0. The van der Waals surface area contributed by atoms with Gasteiger partial charge in [0.1, 0.15) is 0 Å². The van der Waals surface area contributed by atoms with Crippen LogP contribution in [0, 0.1) is 0 Å². The van der Waals surface area contributed by atoms with Crippen molar-refractivity contribution in [3.8, 4) is 0 Å². The number of ether oxygens (including phenoxy) is 1. The predicted molar refractivity (Wildman–Crippen MR) is 95.3 cm³/mol. The first kappa shape index (κ1) is 20.0. The number of esters is 1. The van der Waals surface area contributed by atoms with Crippen molar-refractivity contribution in [2.24, 2.45) is 0 Å². The number of unbranched alkanes of at least 4 members (excludes halogenated alkanes) is 6. The molecule has 0 aromatic rings. The summed E-state index contributed by atoms with van der Waals surface area (Å²) in [7, 11) is 1.45. The average molecular weight is 322 g/mol. The molecule has 1 aliphatic rings. The van der Waals surface area contributed by atoms with Crippen molar-refractivity contribution >= 4 is 5.97 Å². The van der Waals surface area contributed by atoms with Crippen LogP contribution in [0.25, 0.3) is 0 Å². The van der Waals surface area contributed by atoms with E-state index in [2.05, 4.69) is 16.9 Å². The van der Waals surface area contributed by atoms with Gasteiger partial charge in [-0.05, 0) is 32.1 Å². The smallest absolute Gasteiger partial charge is 0.305 e. The van der Waals surface area contributed by atoms with Crippen molar-refractivity contribution in [2.45, 2.75) is 89.1 Å². The zero-order chi connectivity index (χ0) is 16.8. The van der Waals surface area contributed by atoms with E-state index < -0.39 is 5.60 Å². The molecule has 1 aliphatic carbocycles. The van der Waals surface area contributed by atoms with E-state index in [1.807, 2.05) is 12.2 Å². The maximum absolute atomic E-state index is 10.9. The average Bonchev–Trinajstić information content (AvgIpc) is 2.56. The third-order valence-corrected chi connectivity index (χ3v) is 4.60. The molecule has 23 heavy (non-hydrogen) atoms. The summed E-state index contributed by atoms with van der Waals surface area (Å²) in [6.07, 6.45) is 22.2. The molecule has 1 saturated carbocycles. The number of hydrogen-bond acceptors (Lipinski definition) is 3. The standard InChI is InChI=1S/C20H34O3/c1-23-19(21)15-11-8-6-4-2-3-5-7-9-12-16-20(22)17-13-10-14-18-20/h7,9,12,16,22H,2-6,8,10-11,13-15,17-18H2,1H3/b9-7+,16-12+. The molecule has 1 fully saturated rings. The first-order chi connectivity index (χ1) is 11.2. The van der Waals surface area contributed by atoms with E-state index in [1.165, 1.54) is 39.2 Å². The number of carbonyl (C=O) groups is 1. The Morgan fingerprint density at radius 2 is 1.65 bits per heavy atom. The molecule has 3 nitrogen and oxygen atoms in total. The lowest BCUT2D eigenvalue weighted by atomic mass is 9.85. The molecule has 3 heteroatoms. The molecular formula is C20H34O3. The fourth-order valence-electron chi connectivity index (χ4n) is 3.08. The predicted octanol–water partition coefficient (Wildman–Crippen LogP) is 5.09. The van der Waals surface area contributed by atoms with Crippen LogP contribution in [-0.4, -0.2) is 23.8 Å². The Kier molecular flexibility index (Phi) is 10.7. The molecule has 0 amide bonds. The lowest BCUT2D eigenvalue weighted by molar-refractivity contribution is -0.140. The molecule has 0 aromatic carbocycles. The Morgan fingerprint density at radius 1 is 1.00 bits per heavy atom. The van der Waals surface area contributed by atoms with Crippen LogP contribution >= 0.6 is 0 Å². The zero-order valence-corrected chi connectivity index (χ0v) is 14.8. The summed E-state index contributed by atoms with van der Waals surface area (Å²) in [5.41, 5.74) is -0.549. The normalized spacial score (nSPS) is 17.8. The minimum absolute atomic E-state index is 0.0962. The summed E-state index contributed by atoms with van der Waals surface area (Å²) in [4.78, 5) is 10.9. The molecule has 1 N–H and O–H groups in total. The monoisotopic (exact) mass is 322 g/mol. The van der Waals surface area contributed by atoms with Gasteiger partial charge in [-0.1, -0.05) is 69.2 Å². The van der Waals surface area contributed by atoms with E-state index in [9.17, 15) is 9.90 Å². The van der Waals surface area contributed by atoms with E-state index >= 15 is 0 Å². The fraction of sp³-hybridized carbons (Fsp3) is 0.750. The molecule has 0 unspecified atom stereocenters. The van der Waals surface area contributed by atoms with Crippen molar-refractivity contribution in [3.63, 3.8) is 0 Å². The van der Waals surface area contributed by atoms with Gasteiger partial charge in [-0.15, -0.1) is 0 Å². The molecular weight excluding hydrogens is 288 g/mol. The lowest BCUT2D eigenvalue weighted by Crippen LogP contribution is -2.28. The number of rotatable bonds is 11. The van der Waals surface area contributed by atoms with Gasteiger partial charge in [0.2, 0.25) is 0 Å². The molecule has 0 saturated heterocycles. The number of hydrogen-bond donors (Lipinski definition) is 1. The van der Waals surface area contributed by atoms with Crippen LogP contribution in [0.15, 0.2) is 24.3 Å². The highest BCUT2D eigenvalue weighted by atomic mass is 16.5. The van der Waals surface area contributed by atoms with Gasteiger partial charge in [-0.3, -0.25) is 4.79 Å². The maximum Gasteiger partial charge on any atom is 0.305 e. The molecule has 0 radical (unpaired) electrons. The topological polar surface area (TPSA) is 46.5 Å². The second kappa shape index (κ2) is 12.3. The van der Waals surface area contributed by atoms with Crippen LogP contribution in [0.5, 0.6) is 0 Å². The molecule has 132 valence electrons. The van der Waals surface area contributed by atoms with Gasteiger partial charge in [0.05, 0.1) is 12.7 Å². The Morgan fingerprint density at radius 3 is 2.35 bits per heavy atom. The quantitative estimate of drug-likeness (QED) is 0.327. The molecule has 0 spiro atoms. The van der Waals surface area contributed by atoms with Crippen molar-refractivity contribution in [3.05, 3.63) is 24.3 Å². The van der Waals surface area contributed by atoms with Crippen molar-refractivity contribution in [1.82, 2.24) is 0 Å². The summed E-state index contributed by atoms with van der Waals surface area (Å²) >= 11 is 0. The van der Waals surface area contributed by atoms with Crippen LogP contribution in [0.4, 0.5) is 0 Å². The second-order valence-electron chi connectivity index (χ2n) is 6.69. The number of allylic oxidation sites excluding steroid dienone is 3. The van der Waals surface area contributed by atoms with E-state index in [4.69, 9.17) is 0 Å². The number of aliphatic hydroxyl groups is 1. The highest BCUT2D eigenvalue weighted by Gasteiger charge is 2.25. The second-order valence-corrected chi connectivity index (χ2v) is 6.69.